The minimum absolute atomic E-state index is 0.202. The summed E-state index contributed by atoms with van der Waals surface area (Å²) in [6.07, 6.45) is 5.80. The summed E-state index contributed by atoms with van der Waals surface area (Å²) in [7, 11) is 0. The maximum Gasteiger partial charge on any atom is 0.307 e. The second kappa shape index (κ2) is 5.17. The van der Waals surface area contributed by atoms with Gasteiger partial charge in [0.2, 0.25) is 0 Å². The summed E-state index contributed by atoms with van der Waals surface area (Å²) in [6.45, 7) is 5.53. The van der Waals surface area contributed by atoms with Crippen LogP contribution in [0.5, 0.6) is 0 Å². The minimum atomic E-state index is -0.640. The van der Waals surface area contributed by atoms with E-state index in [1.54, 1.807) is 0 Å². The molecule has 0 aromatic heterocycles. The van der Waals surface area contributed by atoms with E-state index in [4.69, 9.17) is 5.73 Å². The molecule has 104 valence electrons. The Bertz CT molecular complexity index is 311. The van der Waals surface area contributed by atoms with Gasteiger partial charge in [-0.15, -0.1) is 0 Å². The van der Waals surface area contributed by atoms with E-state index in [9.17, 15) is 9.90 Å². The molecular formula is C14H26N2O2. The molecule has 0 amide bonds. The maximum absolute atomic E-state index is 11.3. The standard InChI is InChI=1S/C14H26N2O2/c1-14(2,15)9-16-8-11(13(17)18)7-10-5-3-4-6-12(10)16/h10-12H,3-9,15H2,1-2H3,(H,17,18)/t10-,11-,12-/m0/s1. The third-order valence-electron chi connectivity index (χ3n) is 4.34. The first-order valence-electron chi connectivity index (χ1n) is 7.12. The number of carboxylic acid groups (broad SMARTS) is 1. The average molecular weight is 254 g/mol. The number of fused-ring (bicyclic) bond motifs is 1. The highest BCUT2D eigenvalue weighted by molar-refractivity contribution is 5.70. The van der Waals surface area contributed by atoms with Gasteiger partial charge in [-0.2, -0.15) is 0 Å². The fraction of sp³-hybridized carbons (Fsp3) is 0.929. The summed E-state index contributed by atoms with van der Waals surface area (Å²) in [6, 6.07) is 0.567. The topological polar surface area (TPSA) is 66.6 Å². The number of nitrogens with zero attached hydrogens (tertiary/aromatic N) is 1. The lowest BCUT2D eigenvalue weighted by molar-refractivity contribution is -0.146. The van der Waals surface area contributed by atoms with Gasteiger partial charge in [-0.25, -0.2) is 0 Å². The van der Waals surface area contributed by atoms with E-state index in [1.165, 1.54) is 25.7 Å². The normalized spacial score (nSPS) is 34.1. The number of carbonyl (C=O) groups is 1. The lowest BCUT2D eigenvalue weighted by Gasteiger charge is -2.48. The number of hydrogen-bond donors (Lipinski definition) is 2. The van der Waals surface area contributed by atoms with Crippen LogP contribution in [0.25, 0.3) is 0 Å². The van der Waals surface area contributed by atoms with Crippen molar-refractivity contribution in [2.75, 3.05) is 13.1 Å². The molecule has 0 aromatic carbocycles. The van der Waals surface area contributed by atoms with Gasteiger partial charge in [0, 0.05) is 24.7 Å². The van der Waals surface area contributed by atoms with Crippen LogP contribution in [0, 0.1) is 11.8 Å². The molecule has 1 aliphatic heterocycles. The molecule has 3 N–H and O–H groups in total. The van der Waals surface area contributed by atoms with Crippen LogP contribution in [0.1, 0.15) is 46.0 Å². The van der Waals surface area contributed by atoms with Gasteiger partial charge < -0.3 is 10.8 Å². The van der Waals surface area contributed by atoms with E-state index < -0.39 is 5.97 Å². The Morgan fingerprint density at radius 3 is 2.67 bits per heavy atom. The lowest BCUT2D eigenvalue weighted by atomic mass is 9.74. The molecule has 4 heteroatoms. The van der Waals surface area contributed by atoms with Crippen LogP contribution in [0.4, 0.5) is 0 Å². The highest BCUT2D eigenvalue weighted by Crippen LogP contribution is 2.37. The van der Waals surface area contributed by atoms with Crippen LogP contribution >= 0.6 is 0 Å². The van der Waals surface area contributed by atoms with Crippen LogP contribution in [0.2, 0.25) is 0 Å². The van der Waals surface area contributed by atoms with Gasteiger partial charge in [0.15, 0.2) is 0 Å². The van der Waals surface area contributed by atoms with Crippen LogP contribution in [-0.4, -0.2) is 40.6 Å². The molecule has 4 nitrogen and oxygen atoms in total. The summed E-state index contributed by atoms with van der Waals surface area (Å²) >= 11 is 0. The van der Waals surface area contributed by atoms with E-state index in [0.29, 0.717) is 18.5 Å². The number of aliphatic carboxylic acids is 1. The Morgan fingerprint density at radius 1 is 1.39 bits per heavy atom. The summed E-state index contributed by atoms with van der Waals surface area (Å²) in [5.74, 6) is -0.276. The zero-order valence-electron chi connectivity index (χ0n) is 11.6. The summed E-state index contributed by atoms with van der Waals surface area (Å²) < 4.78 is 0. The van der Waals surface area contributed by atoms with Crippen molar-refractivity contribution in [2.24, 2.45) is 17.6 Å². The van der Waals surface area contributed by atoms with Gasteiger partial charge >= 0.3 is 5.97 Å². The largest absolute Gasteiger partial charge is 0.481 e. The van der Waals surface area contributed by atoms with E-state index in [0.717, 1.165) is 13.0 Å². The first kappa shape index (κ1) is 13.8. The molecule has 0 radical (unpaired) electrons. The fourth-order valence-electron chi connectivity index (χ4n) is 3.69. The van der Waals surface area contributed by atoms with Crippen LogP contribution < -0.4 is 5.73 Å². The van der Waals surface area contributed by atoms with Crippen molar-refractivity contribution in [3.8, 4) is 0 Å². The molecule has 2 rings (SSSR count). The molecule has 1 heterocycles. The number of nitrogens with two attached hydrogens (primary N) is 1. The molecule has 18 heavy (non-hydrogen) atoms. The van der Waals surface area contributed by atoms with E-state index in [2.05, 4.69) is 4.90 Å². The van der Waals surface area contributed by atoms with Crippen molar-refractivity contribution in [1.29, 1.82) is 0 Å². The zero-order valence-corrected chi connectivity index (χ0v) is 11.6. The summed E-state index contributed by atoms with van der Waals surface area (Å²) in [4.78, 5) is 13.6. The summed E-state index contributed by atoms with van der Waals surface area (Å²) in [5.41, 5.74) is 5.87. The number of hydrogen-bond acceptors (Lipinski definition) is 3. The molecule has 0 unspecified atom stereocenters. The van der Waals surface area contributed by atoms with Crippen molar-refractivity contribution in [3.63, 3.8) is 0 Å². The fourth-order valence-corrected chi connectivity index (χ4v) is 3.69. The van der Waals surface area contributed by atoms with Crippen molar-refractivity contribution >= 4 is 5.97 Å². The maximum atomic E-state index is 11.3. The summed E-state index contributed by atoms with van der Waals surface area (Å²) in [5, 5.41) is 9.29. The monoisotopic (exact) mass is 254 g/mol. The SMILES string of the molecule is CC(C)(N)CN1C[C@@H](C(=O)O)C[C@@H]2CCCC[C@@H]21. The van der Waals surface area contributed by atoms with Crippen LogP contribution in [0.3, 0.4) is 0 Å². The first-order chi connectivity index (χ1) is 8.37. The highest BCUT2D eigenvalue weighted by atomic mass is 16.4. The molecule has 2 aliphatic rings. The van der Waals surface area contributed by atoms with Crippen molar-refractivity contribution in [2.45, 2.75) is 57.5 Å². The van der Waals surface area contributed by atoms with E-state index in [-0.39, 0.29) is 11.5 Å². The van der Waals surface area contributed by atoms with Crippen molar-refractivity contribution in [3.05, 3.63) is 0 Å². The average Bonchev–Trinajstić information content (AvgIpc) is 2.26. The van der Waals surface area contributed by atoms with Gasteiger partial charge in [0.1, 0.15) is 0 Å². The Labute approximate surface area is 110 Å². The molecule has 3 atom stereocenters. The Kier molecular flexibility index (Phi) is 3.97. The Balaban J connectivity index is 2.10. The predicted octanol–water partition coefficient (Wildman–Crippen LogP) is 1.69. The van der Waals surface area contributed by atoms with Crippen molar-refractivity contribution < 1.29 is 9.90 Å². The first-order valence-corrected chi connectivity index (χ1v) is 7.12. The third-order valence-corrected chi connectivity index (χ3v) is 4.34. The third kappa shape index (κ3) is 3.23. The number of piperidine rings is 1. The number of carboxylic acids is 1. The smallest absolute Gasteiger partial charge is 0.307 e. The molecule has 0 aromatic rings. The quantitative estimate of drug-likeness (QED) is 0.804. The lowest BCUT2D eigenvalue weighted by Crippen LogP contribution is -2.57. The van der Waals surface area contributed by atoms with Gasteiger partial charge in [-0.3, -0.25) is 9.69 Å². The second-order valence-electron chi connectivity index (χ2n) is 6.80. The molecular weight excluding hydrogens is 228 g/mol. The minimum Gasteiger partial charge on any atom is -0.481 e. The van der Waals surface area contributed by atoms with Gasteiger partial charge in [-0.1, -0.05) is 12.8 Å². The zero-order chi connectivity index (χ0) is 13.3. The van der Waals surface area contributed by atoms with E-state index >= 15 is 0 Å². The van der Waals surface area contributed by atoms with Gasteiger partial charge in [-0.05, 0) is 39.0 Å². The van der Waals surface area contributed by atoms with Gasteiger partial charge in [0.05, 0.1) is 5.92 Å². The van der Waals surface area contributed by atoms with Gasteiger partial charge in [0.25, 0.3) is 0 Å². The second-order valence-corrected chi connectivity index (χ2v) is 6.80. The molecule has 2 fully saturated rings. The molecule has 1 saturated carbocycles. The Morgan fingerprint density at radius 2 is 2.06 bits per heavy atom. The molecule has 0 spiro atoms. The van der Waals surface area contributed by atoms with Crippen molar-refractivity contribution in [1.82, 2.24) is 4.90 Å². The van der Waals surface area contributed by atoms with E-state index in [1.807, 2.05) is 13.8 Å². The Hall–Kier alpha value is -0.610. The van der Waals surface area contributed by atoms with Crippen LogP contribution in [0.15, 0.2) is 0 Å². The van der Waals surface area contributed by atoms with Crippen LogP contribution in [-0.2, 0) is 4.79 Å². The predicted molar refractivity (Wildman–Crippen MR) is 71.3 cm³/mol. The molecule has 1 saturated heterocycles. The molecule has 1 aliphatic carbocycles. The highest BCUT2D eigenvalue weighted by Gasteiger charge is 2.40. The molecule has 0 bridgehead atoms. The number of likely N-dealkylation sites (tertiary alicyclic amines) is 1. The number of rotatable bonds is 3.